The molecule has 1 heterocycles. The molecule has 16 heavy (non-hydrogen) atoms. The summed E-state index contributed by atoms with van der Waals surface area (Å²) < 4.78 is 2.18. The molecule has 0 radical (unpaired) electrons. The fourth-order valence-corrected chi connectivity index (χ4v) is 2.16. The molecule has 0 spiro atoms. The Morgan fingerprint density at radius 3 is 2.69 bits per heavy atom. The smallest absolute Gasteiger partial charge is 0.0928 e. The first-order chi connectivity index (χ1) is 7.50. The number of rotatable bonds is 3. The summed E-state index contributed by atoms with van der Waals surface area (Å²) in [5, 5.41) is 8.65. The van der Waals surface area contributed by atoms with Crippen LogP contribution in [0.2, 0.25) is 0 Å². The van der Waals surface area contributed by atoms with Gasteiger partial charge in [-0.25, -0.2) is 0 Å². The number of amidine groups is 1. The first-order valence-electron chi connectivity index (χ1n) is 5.40. The fourth-order valence-electron chi connectivity index (χ4n) is 2.16. The van der Waals surface area contributed by atoms with Gasteiger partial charge in [0.15, 0.2) is 0 Å². The zero-order valence-corrected chi connectivity index (χ0v) is 9.70. The van der Waals surface area contributed by atoms with Gasteiger partial charge in [0.2, 0.25) is 0 Å². The summed E-state index contributed by atoms with van der Waals surface area (Å²) in [7, 11) is 0. The van der Waals surface area contributed by atoms with E-state index in [2.05, 4.69) is 42.8 Å². The van der Waals surface area contributed by atoms with Gasteiger partial charge in [-0.15, -0.1) is 0 Å². The predicted molar refractivity (Wildman–Crippen MR) is 67.8 cm³/mol. The van der Waals surface area contributed by atoms with Crippen molar-refractivity contribution in [2.75, 3.05) is 0 Å². The van der Waals surface area contributed by atoms with Crippen LogP contribution in [0.5, 0.6) is 0 Å². The molecule has 0 bridgehead atoms. The second kappa shape index (κ2) is 3.67. The maximum atomic E-state index is 7.42. The van der Waals surface area contributed by atoms with Crippen LogP contribution in [0.1, 0.15) is 20.3 Å². The van der Waals surface area contributed by atoms with Crippen molar-refractivity contribution in [2.45, 2.75) is 25.8 Å². The number of benzene rings is 1. The van der Waals surface area contributed by atoms with Crippen molar-refractivity contribution in [3.8, 4) is 0 Å². The molecule has 2 rings (SSSR count). The van der Waals surface area contributed by atoms with E-state index < -0.39 is 0 Å². The molecule has 0 aliphatic rings. The SMILES string of the molecule is CC(C)(CC(=N)N)n1ccc2ccccc21. The van der Waals surface area contributed by atoms with Gasteiger partial charge in [0.1, 0.15) is 0 Å². The van der Waals surface area contributed by atoms with Crippen LogP contribution in [-0.2, 0) is 5.54 Å². The fraction of sp³-hybridized carbons (Fsp3) is 0.308. The van der Waals surface area contributed by atoms with E-state index >= 15 is 0 Å². The van der Waals surface area contributed by atoms with E-state index in [0.29, 0.717) is 6.42 Å². The highest BCUT2D eigenvalue weighted by molar-refractivity contribution is 5.81. The molecule has 3 heteroatoms. The Morgan fingerprint density at radius 2 is 2.00 bits per heavy atom. The van der Waals surface area contributed by atoms with Gasteiger partial charge in [-0.1, -0.05) is 18.2 Å². The molecule has 0 unspecified atom stereocenters. The standard InChI is InChI=1S/C13H17N3/c1-13(2,9-12(14)15)16-8-7-10-5-3-4-6-11(10)16/h3-8H,9H2,1-2H3,(H3,14,15). The molecule has 3 nitrogen and oxygen atoms in total. The molecule has 0 aliphatic heterocycles. The van der Waals surface area contributed by atoms with Crippen LogP contribution < -0.4 is 5.73 Å². The van der Waals surface area contributed by atoms with Gasteiger partial charge >= 0.3 is 0 Å². The number of hydrogen-bond acceptors (Lipinski definition) is 1. The Morgan fingerprint density at radius 1 is 1.31 bits per heavy atom. The first-order valence-corrected chi connectivity index (χ1v) is 5.40. The lowest BCUT2D eigenvalue weighted by Crippen LogP contribution is -2.31. The van der Waals surface area contributed by atoms with Crippen LogP contribution in [0.3, 0.4) is 0 Å². The highest BCUT2D eigenvalue weighted by atomic mass is 15.0. The summed E-state index contributed by atoms with van der Waals surface area (Å²) in [6, 6.07) is 10.3. The van der Waals surface area contributed by atoms with Gasteiger partial charge in [0, 0.05) is 23.7 Å². The molecule has 0 amide bonds. The maximum absolute atomic E-state index is 7.42. The molecule has 2 aromatic rings. The summed E-state index contributed by atoms with van der Waals surface area (Å²) in [6.45, 7) is 4.20. The number of nitrogens with zero attached hydrogens (tertiary/aromatic N) is 1. The van der Waals surface area contributed by atoms with E-state index in [0.717, 1.165) is 0 Å². The molecule has 0 saturated heterocycles. The molecule has 84 valence electrons. The Kier molecular flexibility index (Phi) is 2.46. The van der Waals surface area contributed by atoms with E-state index in [1.165, 1.54) is 10.9 Å². The molecule has 3 N–H and O–H groups in total. The second-order valence-electron chi connectivity index (χ2n) is 4.76. The molecule has 0 atom stereocenters. The summed E-state index contributed by atoms with van der Waals surface area (Å²) in [4.78, 5) is 0. The number of para-hydroxylation sites is 1. The van der Waals surface area contributed by atoms with Crippen LogP contribution in [-0.4, -0.2) is 10.4 Å². The molecule has 0 saturated carbocycles. The Labute approximate surface area is 95.4 Å². The normalized spacial score (nSPS) is 11.9. The van der Waals surface area contributed by atoms with Crippen LogP contribution in [0, 0.1) is 5.41 Å². The third kappa shape index (κ3) is 1.81. The third-order valence-corrected chi connectivity index (χ3v) is 2.87. The van der Waals surface area contributed by atoms with Crippen molar-refractivity contribution in [2.24, 2.45) is 5.73 Å². The molecular weight excluding hydrogens is 198 g/mol. The lowest BCUT2D eigenvalue weighted by atomic mass is 9.99. The van der Waals surface area contributed by atoms with Crippen LogP contribution in [0.15, 0.2) is 36.5 Å². The minimum absolute atomic E-state index is 0.158. The average molecular weight is 215 g/mol. The topological polar surface area (TPSA) is 54.8 Å². The van der Waals surface area contributed by atoms with Gasteiger partial charge in [-0.3, -0.25) is 5.41 Å². The monoisotopic (exact) mass is 215 g/mol. The quantitative estimate of drug-likeness (QED) is 0.600. The predicted octanol–water partition coefficient (Wildman–Crippen LogP) is 2.70. The summed E-state index contributed by atoms with van der Waals surface area (Å²) >= 11 is 0. The summed E-state index contributed by atoms with van der Waals surface area (Å²) in [5.41, 5.74) is 6.53. The van der Waals surface area contributed by atoms with Crippen molar-refractivity contribution in [3.05, 3.63) is 36.5 Å². The van der Waals surface area contributed by atoms with Crippen LogP contribution >= 0.6 is 0 Å². The molecule has 0 aliphatic carbocycles. The minimum atomic E-state index is -0.158. The zero-order valence-electron chi connectivity index (χ0n) is 9.70. The van der Waals surface area contributed by atoms with Crippen molar-refractivity contribution >= 4 is 16.7 Å². The zero-order chi connectivity index (χ0) is 11.8. The number of nitrogens with two attached hydrogens (primary N) is 1. The van der Waals surface area contributed by atoms with Crippen molar-refractivity contribution in [1.29, 1.82) is 5.41 Å². The number of aromatic nitrogens is 1. The van der Waals surface area contributed by atoms with E-state index in [1.54, 1.807) is 0 Å². The first kappa shape index (κ1) is 10.7. The van der Waals surface area contributed by atoms with Gasteiger partial charge in [-0.05, 0) is 31.4 Å². The van der Waals surface area contributed by atoms with Crippen molar-refractivity contribution in [3.63, 3.8) is 0 Å². The Balaban J connectivity index is 2.50. The Hall–Kier alpha value is -1.77. The maximum Gasteiger partial charge on any atom is 0.0928 e. The second-order valence-corrected chi connectivity index (χ2v) is 4.76. The number of fused-ring (bicyclic) bond motifs is 1. The summed E-state index contributed by atoms with van der Waals surface area (Å²) in [5.74, 6) is 0.225. The van der Waals surface area contributed by atoms with Crippen molar-refractivity contribution in [1.82, 2.24) is 4.57 Å². The molecule has 1 aromatic heterocycles. The van der Waals surface area contributed by atoms with E-state index in [-0.39, 0.29) is 11.4 Å². The number of hydrogen-bond donors (Lipinski definition) is 2. The lowest BCUT2D eigenvalue weighted by molar-refractivity contribution is 0.381. The van der Waals surface area contributed by atoms with Crippen molar-refractivity contribution < 1.29 is 0 Å². The number of nitrogens with one attached hydrogen (secondary N) is 1. The average Bonchev–Trinajstić information content (AvgIpc) is 2.59. The summed E-state index contributed by atoms with van der Waals surface area (Å²) in [6.07, 6.45) is 2.62. The molecular formula is C13H17N3. The highest BCUT2D eigenvalue weighted by Gasteiger charge is 2.22. The van der Waals surface area contributed by atoms with Gasteiger partial charge in [0.25, 0.3) is 0 Å². The van der Waals surface area contributed by atoms with E-state index in [9.17, 15) is 0 Å². The van der Waals surface area contributed by atoms with Crippen LogP contribution in [0.25, 0.3) is 10.9 Å². The van der Waals surface area contributed by atoms with Crippen LogP contribution in [0.4, 0.5) is 0 Å². The Bertz CT molecular complexity index is 523. The van der Waals surface area contributed by atoms with Gasteiger partial charge < -0.3 is 10.3 Å². The van der Waals surface area contributed by atoms with E-state index in [4.69, 9.17) is 11.1 Å². The lowest BCUT2D eigenvalue weighted by Gasteiger charge is -2.27. The third-order valence-electron chi connectivity index (χ3n) is 2.87. The van der Waals surface area contributed by atoms with Gasteiger partial charge in [0.05, 0.1) is 5.84 Å². The largest absolute Gasteiger partial charge is 0.388 e. The van der Waals surface area contributed by atoms with E-state index in [1.807, 2.05) is 12.1 Å². The van der Waals surface area contributed by atoms with Gasteiger partial charge in [-0.2, -0.15) is 0 Å². The highest BCUT2D eigenvalue weighted by Crippen LogP contribution is 2.26. The minimum Gasteiger partial charge on any atom is -0.388 e. The molecule has 1 aromatic carbocycles. The molecule has 0 fully saturated rings.